The third kappa shape index (κ3) is 2.80. The molecule has 1 amide bonds. The van der Waals surface area contributed by atoms with Gasteiger partial charge < -0.3 is 20.7 Å². The number of carbonyl (C=O) groups excluding carboxylic acids is 1. The summed E-state index contributed by atoms with van der Waals surface area (Å²) in [5, 5.41) is 10.1. The second kappa shape index (κ2) is 5.94. The fourth-order valence-electron chi connectivity index (χ4n) is 2.86. The maximum atomic E-state index is 12.2. The fourth-order valence-corrected chi connectivity index (χ4v) is 2.86. The summed E-state index contributed by atoms with van der Waals surface area (Å²) >= 11 is 0. The lowest BCUT2D eigenvalue weighted by Crippen LogP contribution is -2.50. The highest BCUT2D eigenvalue weighted by atomic mass is 16.5. The van der Waals surface area contributed by atoms with Gasteiger partial charge in [0.15, 0.2) is 6.29 Å². The van der Waals surface area contributed by atoms with Gasteiger partial charge in [0.1, 0.15) is 5.75 Å². The SMILES string of the molecule is COc1ccc2nc(NC3NC(=O)c4ccccc4N3)nc(C)c2c1. The first-order chi connectivity index (χ1) is 12.1. The summed E-state index contributed by atoms with van der Waals surface area (Å²) in [6, 6.07) is 13.0. The van der Waals surface area contributed by atoms with Gasteiger partial charge >= 0.3 is 0 Å². The molecule has 7 nitrogen and oxygen atoms in total. The quantitative estimate of drug-likeness (QED) is 0.681. The minimum absolute atomic E-state index is 0.144. The molecule has 3 N–H and O–H groups in total. The smallest absolute Gasteiger partial charge is 0.256 e. The van der Waals surface area contributed by atoms with Gasteiger partial charge in [0.2, 0.25) is 5.95 Å². The van der Waals surface area contributed by atoms with Crippen LogP contribution in [0.25, 0.3) is 10.9 Å². The first-order valence-electron chi connectivity index (χ1n) is 7.89. The number of methoxy groups -OCH3 is 1. The minimum atomic E-state index is -0.488. The number of benzene rings is 2. The summed E-state index contributed by atoms with van der Waals surface area (Å²) in [7, 11) is 1.63. The number of hydrogen-bond acceptors (Lipinski definition) is 6. The molecule has 0 fully saturated rings. The van der Waals surface area contributed by atoms with Crippen LogP contribution in [0.3, 0.4) is 0 Å². The van der Waals surface area contributed by atoms with Gasteiger partial charge in [-0.2, -0.15) is 0 Å². The Balaban J connectivity index is 1.62. The number of aromatic nitrogens is 2. The second-order valence-corrected chi connectivity index (χ2v) is 5.76. The van der Waals surface area contributed by atoms with E-state index in [0.717, 1.165) is 28.0 Å². The van der Waals surface area contributed by atoms with Gasteiger partial charge in [-0.05, 0) is 37.3 Å². The van der Waals surface area contributed by atoms with Crippen LogP contribution in [0.2, 0.25) is 0 Å². The van der Waals surface area contributed by atoms with Crippen molar-refractivity contribution >= 4 is 28.4 Å². The first-order valence-corrected chi connectivity index (χ1v) is 7.89. The minimum Gasteiger partial charge on any atom is -0.497 e. The van der Waals surface area contributed by atoms with E-state index in [2.05, 4.69) is 25.9 Å². The van der Waals surface area contributed by atoms with E-state index in [9.17, 15) is 4.79 Å². The van der Waals surface area contributed by atoms with Crippen LogP contribution in [0.15, 0.2) is 42.5 Å². The Kier molecular flexibility index (Phi) is 3.61. The van der Waals surface area contributed by atoms with Gasteiger partial charge in [-0.15, -0.1) is 0 Å². The van der Waals surface area contributed by atoms with Gasteiger partial charge in [0, 0.05) is 11.1 Å². The van der Waals surface area contributed by atoms with Crippen molar-refractivity contribution < 1.29 is 9.53 Å². The molecule has 2 heterocycles. The van der Waals surface area contributed by atoms with Crippen molar-refractivity contribution in [1.82, 2.24) is 15.3 Å². The van der Waals surface area contributed by atoms with Crippen LogP contribution in [0.1, 0.15) is 16.1 Å². The zero-order valence-electron chi connectivity index (χ0n) is 13.8. The average Bonchev–Trinajstić information content (AvgIpc) is 2.61. The Labute approximate surface area is 144 Å². The number of para-hydroxylation sites is 1. The second-order valence-electron chi connectivity index (χ2n) is 5.76. The van der Waals surface area contributed by atoms with Crippen molar-refractivity contribution in [2.24, 2.45) is 0 Å². The van der Waals surface area contributed by atoms with Crippen LogP contribution < -0.4 is 20.7 Å². The lowest BCUT2D eigenvalue weighted by Gasteiger charge is -2.28. The van der Waals surface area contributed by atoms with Crippen LogP contribution in [0, 0.1) is 6.92 Å². The van der Waals surface area contributed by atoms with E-state index < -0.39 is 6.29 Å². The maximum Gasteiger partial charge on any atom is 0.256 e. The van der Waals surface area contributed by atoms with E-state index in [-0.39, 0.29) is 5.91 Å². The Bertz CT molecular complexity index is 973. The molecule has 1 aromatic heterocycles. The molecular formula is C18H17N5O2. The van der Waals surface area contributed by atoms with Crippen molar-refractivity contribution in [3.05, 3.63) is 53.7 Å². The van der Waals surface area contributed by atoms with Gasteiger partial charge in [0.25, 0.3) is 5.91 Å². The molecule has 1 aliphatic rings. The van der Waals surface area contributed by atoms with Gasteiger partial charge in [0.05, 0.1) is 23.9 Å². The Morgan fingerprint density at radius 3 is 2.80 bits per heavy atom. The standard InChI is InChI=1S/C18H17N5O2/c1-10-13-9-11(25-2)7-8-15(13)21-17(19-10)23-18-20-14-6-4-3-5-12(14)16(24)22-18/h3-9,18,20H,1-2H3,(H,22,24)(H,19,21,23). The molecule has 126 valence electrons. The number of hydrogen-bond donors (Lipinski definition) is 3. The zero-order valence-corrected chi connectivity index (χ0v) is 13.8. The van der Waals surface area contributed by atoms with E-state index in [1.807, 2.05) is 43.3 Å². The molecule has 3 aromatic rings. The highest BCUT2D eigenvalue weighted by Gasteiger charge is 2.23. The number of amides is 1. The average molecular weight is 335 g/mol. The van der Waals surface area contributed by atoms with Crippen LogP contribution in [-0.4, -0.2) is 29.3 Å². The van der Waals surface area contributed by atoms with Gasteiger partial charge in [-0.25, -0.2) is 9.97 Å². The molecular weight excluding hydrogens is 318 g/mol. The molecule has 0 spiro atoms. The number of fused-ring (bicyclic) bond motifs is 2. The topological polar surface area (TPSA) is 88.2 Å². The lowest BCUT2D eigenvalue weighted by atomic mass is 10.1. The molecule has 1 aliphatic heterocycles. The number of aryl methyl sites for hydroxylation is 1. The molecule has 0 radical (unpaired) electrons. The van der Waals surface area contributed by atoms with E-state index >= 15 is 0 Å². The Morgan fingerprint density at radius 1 is 1.12 bits per heavy atom. The summed E-state index contributed by atoms with van der Waals surface area (Å²) in [4.78, 5) is 21.2. The highest BCUT2D eigenvalue weighted by molar-refractivity contribution is 6.01. The van der Waals surface area contributed by atoms with Crippen LogP contribution in [-0.2, 0) is 0 Å². The molecule has 0 bridgehead atoms. The monoisotopic (exact) mass is 335 g/mol. The van der Waals surface area contributed by atoms with E-state index in [0.29, 0.717) is 11.5 Å². The number of nitrogens with one attached hydrogen (secondary N) is 3. The van der Waals surface area contributed by atoms with Gasteiger partial charge in [-0.1, -0.05) is 12.1 Å². The molecule has 1 unspecified atom stereocenters. The summed E-state index contributed by atoms with van der Waals surface area (Å²) in [6.07, 6.45) is -0.488. The maximum absolute atomic E-state index is 12.2. The normalized spacial score (nSPS) is 15.9. The van der Waals surface area contributed by atoms with Crippen molar-refractivity contribution in [1.29, 1.82) is 0 Å². The van der Waals surface area contributed by atoms with Crippen molar-refractivity contribution in [3.8, 4) is 5.75 Å². The molecule has 25 heavy (non-hydrogen) atoms. The largest absolute Gasteiger partial charge is 0.497 e. The Hall–Kier alpha value is -3.35. The third-order valence-electron chi connectivity index (χ3n) is 4.11. The third-order valence-corrected chi connectivity index (χ3v) is 4.11. The van der Waals surface area contributed by atoms with E-state index in [1.165, 1.54) is 0 Å². The Morgan fingerprint density at radius 2 is 1.96 bits per heavy atom. The molecule has 0 saturated heterocycles. The number of ether oxygens (including phenoxy) is 1. The molecule has 7 heteroatoms. The number of nitrogens with zero attached hydrogens (tertiary/aromatic N) is 2. The molecule has 0 saturated carbocycles. The lowest BCUT2D eigenvalue weighted by molar-refractivity contribution is 0.0940. The van der Waals surface area contributed by atoms with Gasteiger partial charge in [-0.3, -0.25) is 4.79 Å². The van der Waals surface area contributed by atoms with Crippen LogP contribution in [0.4, 0.5) is 11.6 Å². The summed E-state index contributed by atoms with van der Waals surface area (Å²) in [5.74, 6) is 1.05. The molecule has 4 rings (SSSR count). The van der Waals surface area contributed by atoms with Crippen LogP contribution in [0.5, 0.6) is 5.75 Å². The predicted octanol–water partition coefficient (Wildman–Crippen LogP) is 2.50. The van der Waals surface area contributed by atoms with E-state index in [1.54, 1.807) is 13.2 Å². The van der Waals surface area contributed by atoms with Crippen molar-refractivity contribution in [2.75, 3.05) is 17.7 Å². The van der Waals surface area contributed by atoms with E-state index in [4.69, 9.17) is 4.74 Å². The summed E-state index contributed by atoms with van der Waals surface area (Å²) < 4.78 is 5.25. The number of carbonyl (C=O) groups is 1. The highest BCUT2D eigenvalue weighted by Crippen LogP contribution is 2.24. The number of anilines is 2. The predicted molar refractivity (Wildman–Crippen MR) is 95.8 cm³/mol. The number of rotatable bonds is 3. The molecule has 1 atom stereocenters. The molecule has 0 aliphatic carbocycles. The zero-order chi connectivity index (χ0) is 17.4. The summed E-state index contributed by atoms with van der Waals surface area (Å²) in [5.41, 5.74) is 3.02. The summed E-state index contributed by atoms with van der Waals surface area (Å²) in [6.45, 7) is 1.91. The first kappa shape index (κ1) is 15.2. The molecule has 2 aromatic carbocycles. The van der Waals surface area contributed by atoms with Crippen molar-refractivity contribution in [2.45, 2.75) is 13.2 Å². The fraction of sp³-hybridized carbons (Fsp3) is 0.167. The van der Waals surface area contributed by atoms with Crippen molar-refractivity contribution in [3.63, 3.8) is 0 Å². The van der Waals surface area contributed by atoms with Crippen LogP contribution >= 0.6 is 0 Å².